The molecule has 1 amide bonds. The van der Waals surface area contributed by atoms with E-state index in [1.165, 1.54) is 11.1 Å². The molecule has 0 saturated carbocycles. The maximum absolute atomic E-state index is 12.4. The van der Waals surface area contributed by atoms with Crippen LogP contribution >= 0.6 is 0 Å². The zero-order valence-electron chi connectivity index (χ0n) is 11.6. The van der Waals surface area contributed by atoms with Crippen molar-refractivity contribution < 1.29 is 4.79 Å². The summed E-state index contributed by atoms with van der Waals surface area (Å²) in [5.74, 6) is 2.54. The van der Waals surface area contributed by atoms with Crippen LogP contribution in [-0.2, 0) is 17.8 Å². The van der Waals surface area contributed by atoms with Gasteiger partial charge in [0.05, 0.1) is 6.04 Å². The molecule has 3 nitrogen and oxygen atoms in total. The Hall–Kier alpha value is -2.57. The number of fused-ring (bicyclic) bond motifs is 1. The summed E-state index contributed by atoms with van der Waals surface area (Å²) in [6.45, 7) is 0.721. The van der Waals surface area contributed by atoms with E-state index in [0.717, 1.165) is 17.8 Å². The van der Waals surface area contributed by atoms with Gasteiger partial charge in [0.2, 0.25) is 5.91 Å². The molecule has 1 aliphatic heterocycles. The molecular formula is C18H16N2O. The fourth-order valence-corrected chi connectivity index (χ4v) is 2.56. The monoisotopic (exact) mass is 276 g/mol. The molecule has 104 valence electrons. The Morgan fingerprint density at radius 1 is 1.19 bits per heavy atom. The molecule has 1 aliphatic rings. The molecule has 0 bridgehead atoms. The average molecular weight is 276 g/mol. The molecule has 3 heteroatoms. The Balaban J connectivity index is 1.71. The molecule has 0 spiro atoms. The lowest BCUT2D eigenvalue weighted by molar-refractivity contribution is -0.118. The summed E-state index contributed by atoms with van der Waals surface area (Å²) < 4.78 is 0. The predicted molar refractivity (Wildman–Crippen MR) is 83.8 cm³/mol. The lowest BCUT2D eigenvalue weighted by Gasteiger charge is -2.25. The molecule has 2 aromatic rings. The number of amides is 1. The quantitative estimate of drug-likeness (QED) is 0.827. The zero-order valence-corrected chi connectivity index (χ0v) is 11.6. The summed E-state index contributed by atoms with van der Waals surface area (Å²) in [4.78, 5) is 12.4. The molecule has 0 radical (unpaired) electrons. The second kappa shape index (κ2) is 5.82. The van der Waals surface area contributed by atoms with Crippen LogP contribution in [0.15, 0.2) is 48.5 Å². The molecule has 0 unspecified atom stereocenters. The number of carbonyl (C=O) groups is 1. The van der Waals surface area contributed by atoms with Crippen molar-refractivity contribution in [1.82, 2.24) is 5.32 Å². The van der Waals surface area contributed by atoms with Gasteiger partial charge in [-0.3, -0.25) is 4.79 Å². The fraction of sp³-hybridized carbons (Fsp3) is 0.167. The largest absolute Gasteiger partial charge is 0.325 e. The van der Waals surface area contributed by atoms with Crippen LogP contribution in [0.5, 0.6) is 0 Å². The first-order valence-corrected chi connectivity index (χ1v) is 6.94. The van der Waals surface area contributed by atoms with Crippen molar-refractivity contribution in [2.24, 2.45) is 0 Å². The summed E-state index contributed by atoms with van der Waals surface area (Å²) in [6.07, 6.45) is 6.08. The van der Waals surface area contributed by atoms with Gasteiger partial charge in [-0.25, -0.2) is 0 Å². The third-order valence-electron chi connectivity index (χ3n) is 3.69. The minimum Gasteiger partial charge on any atom is -0.325 e. The summed E-state index contributed by atoms with van der Waals surface area (Å²) in [7, 11) is 0. The van der Waals surface area contributed by atoms with E-state index in [4.69, 9.17) is 6.42 Å². The topological polar surface area (TPSA) is 41.1 Å². The Morgan fingerprint density at radius 3 is 2.81 bits per heavy atom. The minimum absolute atomic E-state index is 0.0290. The van der Waals surface area contributed by atoms with Gasteiger partial charge >= 0.3 is 0 Å². The molecule has 2 N–H and O–H groups in total. The van der Waals surface area contributed by atoms with Crippen LogP contribution < -0.4 is 10.6 Å². The van der Waals surface area contributed by atoms with Gasteiger partial charge in [-0.15, -0.1) is 6.42 Å². The molecule has 2 aromatic carbocycles. The van der Waals surface area contributed by atoms with E-state index in [9.17, 15) is 4.79 Å². The van der Waals surface area contributed by atoms with Crippen LogP contribution in [0, 0.1) is 12.3 Å². The number of nitrogens with one attached hydrogen (secondary N) is 2. The highest BCUT2D eigenvalue weighted by Gasteiger charge is 2.23. The smallest absolute Gasteiger partial charge is 0.241 e. The number of rotatable bonds is 2. The Labute approximate surface area is 124 Å². The molecule has 1 atom stereocenters. The van der Waals surface area contributed by atoms with Gasteiger partial charge in [-0.05, 0) is 35.7 Å². The lowest BCUT2D eigenvalue weighted by atomic mass is 9.95. The van der Waals surface area contributed by atoms with Crippen molar-refractivity contribution in [1.29, 1.82) is 0 Å². The second-order valence-corrected chi connectivity index (χ2v) is 5.12. The number of terminal acetylenes is 1. The van der Waals surface area contributed by atoms with Gasteiger partial charge in [0, 0.05) is 17.8 Å². The predicted octanol–water partition coefficient (Wildman–Crippen LogP) is 2.32. The second-order valence-electron chi connectivity index (χ2n) is 5.12. The molecule has 0 aliphatic carbocycles. The van der Waals surface area contributed by atoms with Crippen LogP contribution in [0.3, 0.4) is 0 Å². The molecule has 3 rings (SSSR count). The third kappa shape index (κ3) is 2.96. The normalized spacial score (nSPS) is 16.6. The first kappa shape index (κ1) is 13.4. The van der Waals surface area contributed by atoms with Crippen LogP contribution in [-0.4, -0.2) is 11.9 Å². The molecule has 21 heavy (non-hydrogen) atoms. The summed E-state index contributed by atoms with van der Waals surface area (Å²) >= 11 is 0. The van der Waals surface area contributed by atoms with Gasteiger partial charge in [-0.1, -0.05) is 36.3 Å². The van der Waals surface area contributed by atoms with Crippen LogP contribution in [0.2, 0.25) is 0 Å². The number of hydrogen-bond acceptors (Lipinski definition) is 2. The van der Waals surface area contributed by atoms with Gasteiger partial charge < -0.3 is 10.6 Å². The van der Waals surface area contributed by atoms with Crippen molar-refractivity contribution >= 4 is 11.6 Å². The highest BCUT2D eigenvalue weighted by Crippen LogP contribution is 2.17. The summed E-state index contributed by atoms with van der Waals surface area (Å²) in [5, 5.41) is 6.19. The van der Waals surface area contributed by atoms with Crippen LogP contribution in [0.1, 0.15) is 16.7 Å². The Morgan fingerprint density at radius 2 is 2.00 bits per heavy atom. The first-order chi connectivity index (χ1) is 10.3. The highest BCUT2D eigenvalue weighted by molar-refractivity contribution is 5.95. The van der Waals surface area contributed by atoms with Crippen molar-refractivity contribution in [2.45, 2.75) is 19.0 Å². The lowest BCUT2D eigenvalue weighted by Crippen LogP contribution is -2.44. The van der Waals surface area contributed by atoms with E-state index in [1.54, 1.807) is 6.07 Å². The fourth-order valence-electron chi connectivity index (χ4n) is 2.56. The molecule has 0 fully saturated rings. The van der Waals surface area contributed by atoms with E-state index in [2.05, 4.69) is 28.7 Å². The third-order valence-corrected chi connectivity index (χ3v) is 3.69. The van der Waals surface area contributed by atoms with E-state index in [0.29, 0.717) is 6.42 Å². The van der Waals surface area contributed by atoms with Crippen LogP contribution in [0.25, 0.3) is 0 Å². The molecule has 1 heterocycles. The molecule has 0 saturated heterocycles. The average Bonchev–Trinajstić information content (AvgIpc) is 2.54. The summed E-state index contributed by atoms with van der Waals surface area (Å²) in [5.41, 5.74) is 3.98. The SMILES string of the molecule is C#Cc1cccc(NC(=O)[C@@H]2Cc3ccccc3CN2)c1. The van der Waals surface area contributed by atoms with Crippen molar-refractivity contribution in [3.8, 4) is 12.3 Å². The van der Waals surface area contributed by atoms with E-state index >= 15 is 0 Å². The standard InChI is InChI=1S/C18H16N2O/c1-2-13-6-5-9-16(10-13)20-18(21)17-11-14-7-3-4-8-15(14)12-19-17/h1,3-10,17,19H,11-12H2,(H,20,21)/t17-/m0/s1. The van der Waals surface area contributed by atoms with E-state index < -0.39 is 0 Å². The van der Waals surface area contributed by atoms with Gasteiger partial charge in [-0.2, -0.15) is 0 Å². The number of anilines is 1. The van der Waals surface area contributed by atoms with Gasteiger partial charge in [0.25, 0.3) is 0 Å². The zero-order chi connectivity index (χ0) is 14.7. The maximum Gasteiger partial charge on any atom is 0.241 e. The Bertz CT molecular complexity index is 715. The number of carbonyl (C=O) groups excluding carboxylic acids is 1. The van der Waals surface area contributed by atoms with Gasteiger partial charge in [0.1, 0.15) is 0 Å². The Kier molecular flexibility index (Phi) is 3.72. The highest BCUT2D eigenvalue weighted by atomic mass is 16.2. The van der Waals surface area contributed by atoms with Crippen LogP contribution in [0.4, 0.5) is 5.69 Å². The number of benzene rings is 2. The minimum atomic E-state index is -0.214. The molecular weight excluding hydrogens is 260 g/mol. The maximum atomic E-state index is 12.4. The van der Waals surface area contributed by atoms with Crippen molar-refractivity contribution in [3.05, 3.63) is 65.2 Å². The van der Waals surface area contributed by atoms with Crippen molar-refractivity contribution in [2.75, 3.05) is 5.32 Å². The number of hydrogen-bond donors (Lipinski definition) is 2. The van der Waals surface area contributed by atoms with E-state index in [-0.39, 0.29) is 11.9 Å². The summed E-state index contributed by atoms with van der Waals surface area (Å²) in [6, 6.07) is 15.3. The van der Waals surface area contributed by atoms with E-state index in [1.807, 2.05) is 30.3 Å². The van der Waals surface area contributed by atoms with Crippen molar-refractivity contribution in [3.63, 3.8) is 0 Å². The van der Waals surface area contributed by atoms with Gasteiger partial charge in [0.15, 0.2) is 0 Å². The molecule has 0 aromatic heterocycles. The first-order valence-electron chi connectivity index (χ1n) is 6.94.